The van der Waals surface area contributed by atoms with E-state index in [0.717, 1.165) is 76.1 Å². The van der Waals surface area contributed by atoms with Crippen LogP contribution in [0.15, 0.2) is 44.4 Å². The van der Waals surface area contributed by atoms with Gasteiger partial charge in [-0.15, -0.1) is 0 Å². The summed E-state index contributed by atoms with van der Waals surface area (Å²) < 4.78 is 0. The van der Waals surface area contributed by atoms with E-state index in [0.29, 0.717) is 11.8 Å². The van der Waals surface area contributed by atoms with Crippen LogP contribution in [-0.2, 0) is 4.79 Å². The number of allylic oxidation sites excluding steroid dienone is 4. The van der Waals surface area contributed by atoms with Crippen LogP contribution in [0.25, 0.3) is 0 Å². The average molecular weight is 476 g/mol. The van der Waals surface area contributed by atoms with Crippen LogP contribution in [0, 0.1) is 11.8 Å². The second-order valence-electron chi connectivity index (χ2n) is 11.6. The Morgan fingerprint density at radius 3 is 2.46 bits per heavy atom. The maximum Gasteiger partial charge on any atom is 0.161 e. The number of nitrogens with zero attached hydrogens (tertiary/aromatic N) is 3. The Morgan fingerprint density at radius 2 is 1.74 bits per heavy atom. The first-order valence-corrected chi connectivity index (χ1v) is 14.6. The number of ketones is 1. The van der Waals surface area contributed by atoms with Gasteiger partial charge in [-0.1, -0.05) is 56.8 Å². The van der Waals surface area contributed by atoms with Crippen molar-refractivity contribution in [3.63, 3.8) is 0 Å². The van der Waals surface area contributed by atoms with Crippen LogP contribution >= 0.6 is 0 Å². The van der Waals surface area contributed by atoms with Gasteiger partial charge in [-0.05, 0) is 81.8 Å². The van der Waals surface area contributed by atoms with Gasteiger partial charge in [-0.2, -0.15) is 0 Å². The van der Waals surface area contributed by atoms with Crippen molar-refractivity contribution in [1.82, 2.24) is 4.90 Å². The molecule has 190 valence electrons. The number of aliphatic imine (C=N–C) groups is 2. The van der Waals surface area contributed by atoms with Crippen LogP contribution in [-0.4, -0.2) is 47.9 Å². The lowest BCUT2D eigenvalue weighted by Gasteiger charge is -2.38. The normalized spacial score (nSPS) is 27.6. The molecule has 0 N–H and O–H groups in total. The minimum atomic E-state index is 0.278. The molecule has 2 heterocycles. The molecule has 0 atom stereocenters. The quantitative estimate of drug-likeness (QED) is 0.397. The summed E-state index contributed by atoms with van der Waals surface area (Å²) in [6.07, 6.45) is 20.8. The summed E-state index contributed by atoms with van der Waals surface area (Å²) in [4.78, 5) is 25.7. The van der Waals surface area contributed by atoms with E-state index in [9.17, 15) is 4.79 Å². The fourth-order valence-corrected chi connectivity index (χ4v) is 6.99. The molecule has 0 aromatic carbocycles. The highest BCUT2D eigenvalue weighted by Gasteiger charge is 2.32. The minimum absolute atomic E-state index is 0.278. The fourth-order valence-electron chi connectivity index (χ4n) is 6.99. The van der Waals surface area contributed by atoms with Gasteiger partial charge >= 0.3 is 0 Å². The Morgan fingerprint density at radius 1 is 0.943 bits per heavy atom. The summed E-state index contributed by atoms with van der Waals surface area (Å²) in [5, 5.41) is 0. The molecule has 0 aromatic rings. The number of hydrogen-bond donors (Lipinski definition) is 0. The fraction of sp³-hybridized carbons (Fsp3) is 0.710. The van der Waals surface area contributed by atoms with Crippen molar-refractivity contribution in [3.05, 3.63) is 34.4 Å². The third-order valence-corrected chi connectivity index (χ3v) is 9.25. The zero-order valence-corrected chi connectivity index (χ0v) is 22.2. The number of likely N-dealkylation sites (N-methyl/N-ethyl adjacent to an activating group) is 1. The van der Waals surface area contributed by atoms with Crippen LogP contribution in [0.4, 0.5) is 0 Å². The minimum Gasteiger partial charge on any atom is -0.354 e. The van der Waals surface area contributed by atoms with Gasteiger partial charge in [0, 0.05) is 36.3 Å². The smallest absolute Gasteiger partial charge is 0.161 e. The van der Waals surface area contributed by atoms with Gasteiger partial charge in [0.15, 0.2) is 5.78 Å². The van der Waals surface area contributed by atoms with Crippen LogP contribution < -0.4 is 0 Å². The highest BCUT2D eigenvalue weighted by molar-refractivity contribution is 6.25. The zero-order chi connectivity index (χ0) is 24.2. The number of carbonyl (C=O) groups excluding carboxylic acids is 1. The Bertz CT molecular complexity index is 952. The van der Waals surface area contributed by atoms with E-state index in [2.05, 4.69) is 30.9 Å². The molecule has 4 heteroatoms. The van der Waals surface area contributed by atoms with Crippen molar-refractivity contribution in [2.75, 3.05) is 19.6 Å². The van der Waals surface area contributed by atoms with Gasteiger partial charge in [0.2, 0.25) is 0 Å². The van der Waals surface area contributed by atoms with Gasteiger partial charge in [0.25, 0.3) is 0 Å². The first-order valence-electron chi connectivity index (χ1n) is 14.6. The lowest BCUT2D eigenvalue weighted by Crippen LogP contribution is -2.44. The summed E-state index contributed by atoms with van der Waals surface area (Å²) in [5.74, 6) is 2.76. The summed E-state index contributed by atoms with van der Waals surface area (Å²) in [7, 11) is 0. The summed E-state index contributed by atoms with van der Waals surface area (Å²) in [6.45, 7) is 7.46. The van der Waals surface area contributed by atoms with Gasteiger partial charge in [-0.3, -0.25) is 14.8 Å². The maximum atomic E-state index is 13.0. The molecule has 3 aliphatic carbocycles. The molecule has 0 unspecified atom stereocenters. The number of hydrogen-bond acceptors (Lipinski definition) is 4. The van der Waals surface area contributed by atoms with Gasteiger partial charge in [0.05, 0.1) is 6.54 Å². The number of Topliss-reactive ketones (excluding diaryl/α,β-unsaturated/α-hetero) is 1. The molecule has 4 nitrogen and oxygen atoms in total. The Labute approximate surface area is 212 Å². The molecule has 5 aliphatic rings. The number of rotatable bonds is 7. The highest BCUT2D eigenvalue weighted by atomic mass is 16.1. The second-order valence-corrected chi connectivity index (χ2v) is 11.6. The van der Waals surface area contributed by atoms with E-state index < -0.39 is 0 Å². The lowest BCUT2D eigenvalue weighted by molar-refractivity contribution is -0.120. The van der Waals surface area contributed by atoms with E-state index in [1.165, 1.54) is 73.2 Å². The monoisotopic (exact) mass is 475 g/mol. The predicted octanol–water partition coefficient (Wildman–Crippen LogP) is 7.02. The largest absolute Gasteiger partial charge is 0.354 e. The lowest BCUT2D eigenvalue weighted by atomic mass is 9.78. The van der Waals surface area contributed by atoms with E-state index in [1.807, 2.05) is 0 Å². The molecule has 0 spiro atoms. The first kappa shape index (κ1) is 24.7. The SMILES string of the molecule is CCN(C1=NCCC2=C1C(CCC1=CC=C(C(=O)C3CCC(C)CC3)CC1)=NC2)C1CCCCC1. The van der Waals surface area contributed by atoms with Crippen molar-refractivity contribution >= 4 is 17.3 Å². The van der Waals surface area contributed by atoms with Crippen molar-refractivity contribution in [1.29, 1.82) is 0 Å². The van der Waals surface area contributed by atoms with E-state index in [-0.39, 0.29) is 5.92 Å². The molecule has 0 aromatic heterocycles. The molecule has 35 heavy (non-hydrogen) atoms. The number of carbonyl (C=O) groups is 1. The zero-order valence-electron chi connectivity index (χ0n) is 22.2. The molecular formula is C31H45N3O. The van der Waals surface area contributed by atoms with Gasteiger partial charge in [0.1, 0.15) is 5.84 Å². The van der Waals surface area contributed by atoms with Crippen LogP contribution in [0.2, 0.25) is 0 Å². The van der Waals surface area contributed by atoms with Crippen LogP contribution in [0.3, 0.4) is 0 Å². The van der Waals surface area contributed by atoms with Gasteiger partial charge < -0.3 is 4.90 Å². The molecule has 2 fully saturated rings. The standard InChI is InChI=1S/C31H45N3O/c1-3-34(27-7-5-4-6-8-27)31-29-26(19-20-32-31)21-33-28(29)18-13-23-11-16-25(17-12-23)30(35)24-14-9-22(2)10-15-24/h11,16,22,24,27H,3-10,12-15,17-21H2,1-2H3. The van der Waals surface area contributed by atoms with Crippen molar-refractivity contribution in [2.24, 2.45) is 21.8 Å². The Balaban J connectivity index is 1.21. The number of amidine groups is 1. The highest BCUT2D eigenvalue weighted by Crippen LogP contribution is 2.34. The van der Waals surface area contributed by atoms with Gasteiger partial charge in [-0.25, -0.2) is 0 Å². The molecule has 0 bridgehead atoms. The molecule has 0 amide bonds. The first-order chi connectivity index (χ1) is 17.1. The third-order valence-electron chi connectivity index (χ3n) is 9.25. The Kier molecular flexibility index (Phi) is 8.04. The van der Waals surface area contributed by atoms with E-state index in [4.69, 9.17) is 9.98 Å². The molecule has 0 saturated heterocycles. The summed E-state index contributed by atoms with van der Waals surface area (Å²) >= 11 is 0. The van der Waals surface area contributed by atoms with Crippen molar-refractivity contribution in [3.8, 4) is 0 Å². The maximum absolute atomic E-state index is 13.0. The molecule has 2 saturated carbocycles. The van der Waals surface area contributed by atoms with Crippen molar-refractivity contribution in [2.45, 2.75) is 110 Å². The average Bonchev–Trinajstić information content (AvgIpc) is 3.33. The molecule has 5 rings (SSSR count). The van der Waals surface area contributed by atoms with Crippen LogP contribution in [0.1, 0.15) is 104 Å². The van der Waals surface area contributed by atoms with E-state index >= 15 is 0 Å². The Hall–Kier alpha value is -1.97. The third kappa shape index (κ3) is 5.57. The van der Waals surface area contributed by atoms with E-state index in [1.54, 1.807) is 0 Å². The molecular weight excluding hydrogens is 430 g/mol. The second kappa shape index (κ2) is 11.4. The summed E-state index contributed by atoms with van der Waals surface area (Å²) in [5.41, 5.74) is 6.76. The van der Waals surface area contributed by atoms with Crippen LogP contribution in [0.5, 0.6) is 0 Å². The number of dihydropyridines is 1. The van der Waals surface area contributed by atoms with Crippen molar-refractivity contribution < 1.29 is 4.79 Å². The summed E-state index contributed by atoms with van der Waals surface area (Å²) in [6, 6.07) is 0.649. The topological polar surface area (TPSA) is 45.0 Å². The molecule has 0 radical (unpaired) electrons. The predicted molar refractivity (Wildman–Crippen MR) is 146 cm³/mol. The molecule has 2 aliphatic heterocycles.